The molecule has 1 N–H and O–H groups in total. The van der Waals surface area contributed by atoms with Crippen molar-refractivity contribution in [3.63, 3.8) is 0 Å². The van der Waals surface area contributed by atoms with Gasteiger partial charge in [-0.1, -0.05) is 6.07 Å². The molecule has 0 spiro atoms. The maximum Gasteiger partial charge on any atom is 0.308 e. The molecule has 2 aromatic heterocycles. The van der Waals surface area contributed by atoms with E-state index in [4.69, 9.17) is 0 Å². The smallest absolute Gasteiger partial charge is 0.308 e. The highest BCUT2D eigenvalue weighted by Crippen LogP contribution is 2.23. The maximum atomic E-state index is 12.8. The summed E-state index contributed by atoms with van der Waals surface area (Å²) < 4.78 is 1.35. The first-order chi connectivity index (χ1) is 11.4. The monoisotopic (exact) mass is 329 g/mol. The van der Waals surface area contributed by atoms with E-state index in [1.807, 2.05) is 19.9 Å². The SMILES string of the molecule is Cc1cccn2c(=O)c(C(=O)N3CC(C(=O)O)CCC3C)cnc12. The minimum atomic E-state index is -0.913. The summed E-state index contributed by atoms with van der Waals surface area (Å²) in [6.45, 7) is 3.82. The number of hydrogen-bond donors (Lipinski definition) is 1. The maximum absolute atomic E-state index is 12.8. The highest BCUT2D eigenvalue weighted by Gasteiger charge is 2.34. The van der Waals surface area contributed by atoms with Crippen LogP contribution in [-0.4, -0.2) is 43.9 Å². The second-order valence-electron chi connectivity index (χ2n) is 6.28. The molecule has 2 aromatic rings. The zero-order valence-electron chi connectivity index (χ0n) is 13.6. The molecule has 0 saturated carbocycles. The lowest BCUT2D eigenvalue weighted by atomic mass is 9.93. The quantitative estimate of drug-likeness (QED) is 0.897. The van der Waals surface area contributed by atoms with Crippen LogP contribution in [0.15, 0.2) is 29.3 Å². The van der Waals surface area contributed by atoms with Crippen molar-refractivity contribution in [3.8, 4) is 0 Å². The highest BCUT2D eigenvalue weighted by atomic mass is 16.4. The van der Waals surface area contributed by atoms with E-state index >= 15 is 0 Å². The first-order valence-corrected chi connectivity index (χ1v) is 7.91. The van der Waals surface area contributed by atoms with Gasteiger partial charge in [-0.25, -0.2) is 4.98 Å². The van der Waals surface area contributed by atoms with Crippen LogP contribution >= 0.6 is 0 Å². The van der Waals surface area contributed by atoms with Gasteiger partial charge < -0.3 is 10.0 Å². The van der Waals surface area contributed by atoms with Gasteiger partial charge in [0.15, 0.2) is 0 Å². The van der Waals surface area contributed by atoms with Crippen LogP contribution < -0.4 is 5.56 Å². The number of nitrogens with zero attached hydrogens (tertiary/aromatic N) is 3. The molecule has 126 valence electrons. The van der Waals surface area contributed by atoms with E-state index in [0.29, 0.717) is 18.5 Å². The van der Waals surface area contributed by atoms with Crippen molar-refractivity contribution in [1.29, 1.82) is 0 Å². The molecule has 7 nitrogen and oxygen atoms in total. The number of aryl methyl sites for hydroxylation is 1. The lowest BCUT2D eigenvalue weighted by Crippen LogP contribution is -2.48. The van der Waals surface area contributed by atoms with Gasteiger partial charge in [-0.3, -0.25) is 18.8 Å². The molecule has 0 bridgehead atoms. The summed E-state index contributed by atoms with van der Waals surface area (Å²) >= 11 is 0. The van der Waals surface area contributed by atoms with Crippen LogP contribution in [0.2, 0.25) is 0 Å². The number of carboxylic acids is 1. The van der Waals surface area contributed by atoms with Gasteiger partial charge in [0.1, 0.15) is 11.2 Å². The number of rotatable bonds is 2. The van der Waals surface area contributed by atoms with Crippen LogP contribution in [0.3, 0.4) is 0 Å². The molecule has 0 aromatic carbocycles. The van der Waals surface area contributed by atoms with Crippen molar-refractivity contribution < 1.29 is 14.7 Å². The number of hydrogen-bond acceptors (Lipinski definition) is 4. The lowest BCUT2D eigenvalue weighted by molar-refractivity contribution is -0.143. The Morgan fingerprint density at radius 3 is 2.79 bits per heavy atom. The summed E-state index contributed by atoms with van der Waals surface area (Å²) in [5.74, 6) is -1.96. The first-order valence-electron chi connectivity index (χ1n) is 7.91. The molecular formula is C17H19N3O4. The average molecular weight is 329 g/mol. The summed E-state index contributed by atoms with van der Waals surface area (Å²) in [4.78, 5) is 42.4. The molecule has 1 amide bonds. The van der Waals surface area contributed by atoms with E-state index in [9.17, 15) is 19.5 Å². The third kappa shape index (κ3) is 2.66. The second-order valence-corrected chi connectivity index (χ2v) is 6.28. The minimum absolute atomic E-state index is 0.0315. The summed E-state index contributed by atoms with van der Waals surface area (Å²) in [5.41, 5.74) is 0.884. The molecule has 2 atom stereocenters. The van der Waals surface area contributed by atoms with E-state index in [1.165, 1.54) is 15.5 Å². The fraction of sp³-hybridized carbons (Fsp3) is 0.412. The number of piperidine rings is 1. The first kappa shape index (κ1) is 16.2. The number of carboxylic acid groups (broad SMARTS) is 1. The number of carbonyl (C=O) groups excluding carboxylic acids is 1. The Bertz CT molecular complexity index is 874. The summed E-state index contributed by atoms with van der Waals surface area (Å²) in [6, 6.07) is 3.46. The summed E-state index contributed by atoms with van der Waals surface area (Å²) in [6.07, 6.45) is 4.01. The summed E-state index contributed by atoms with van der Waals surface area (Å²) in [7, 11) is 0. The van der Waals surface area contributed by atoms with Gasteiger partial charge in [0.2, 0.25) is 0 Å². The minimum Gasteiger partial charge on any atom is -0.481 e. The van der Waals surface area contributed by atoms with Gasteiger partial charge in [-0.15, -0.1) is 0 Å². The lowest BCUT2D eigenvalue weighted by Gasteiger charge is -2.36. The largest absolute Gasteiger partial charge is 0.481 e. The van der Waals surface area contributed by atoms with E-state index in [1.54, 1.807) is 12.3 Å². The molecule has 0 aliphatic carbocycles. The van der Waals surface area contributed by atoms with E-state index < -0.39 is 23.4 Å². The van der Waals surface area contributed by atoms with Crippen molar-refractivity contribution in [3.05, 3.63) is 46.0 Å². The number of amides is 1. The number of fused-ring (bicyclic) bond motifs is 1. The van der Waals surface area contributed by atoms with Crippen molar-refractivity contribution in [2.45, 2.75) is 32.7 Å². The normalized spacial score (nSPS) is 21.0. The fourth-order valence-electron chi connectivity index (χ4n) is 3.14. The summed E-state index contributed by atoms with van der Waals surface area (Å²) in [5, 5.41) is 9.20. The van der Waals surface area contributed by atoms with Crippen LogP contribution in [-0.2, 0) is 4.79 Å². The molecule has 1 fully saturated rings. The number of aromatic nitrogens is 2. The molecule has 1 aliphatic heterocycles. The standard InChI is InChI=1S/C17H19N3O4/c1-10-4-3-7-19-14(10)18-8-13(15(19)21)16(22)20-9-12(17(23)24)6-5-11(20)2/h3-4,7-8,11-12H,5-6,9H2,1-2H3,(H,23,24). The topological polar surface area (TPSA) is 92.0 Å². The van der Waals surface area contributed by atoms with Crippen LogP contribution in [0.5, 0.6) is 0 Å². The molecule has 3 rings (SSSR count). The van der Waals surface area contributed by atoms with Crippen molar-refractivity contribution in [2.24, 2.45) is 5.92 Å². The van der Waals surface area contributed by atoms with Crippen LogP contribution in [0.25, 0.3) is 5.65 Å². The van der Waals surface area contributed by atoms with Crippen LogP contribution in [0.1, 0.15) is 35.7 Å². The number of pyridine rings is 1. The third-order valence-electron chi connectivity index (χ3n) is 4.65. The Kier molecular flexibility index (Phi) is 4.09. The van der Waals surface area contributed by atoms with Gasteiger partial charge in [0, 0.05) is 25.0 Å². The zero-order chi connectivity index (χ0) is 17.4. The van der Waals surface area contributed by atoms with Gasteiger partial charge in [0.25, 0.3) is 11.5 Å². The highest BCUT2D eigenvalue weighted by molar-refractivity contribution is 5.94. The molecule has 1 aliphatic rings. The van der Waals surface area contributed by atoms with Gasteiger partial charge in [0.05, 0.1) is 5.92 Å². The molecule has 0 radical (unpaired) electrons. The molecule has 1 saturated heterocycles. The Balaban J connectivity index is 2.00. The van der Waals surface area contributed by atoms with Crippen LogP contribution in [0, 0.1) is 12.8 Å². The Morgan fingerprint density at radius 2 is 2.08 bits per heavy atom. The van der Waals surface area contributed by atoms with Gasteiger partial charge >= 0.3 is 5.97 Å². The Labute approximate surface area is 138 Å². The number of carbonyl (C=O) groups is 2. The molecule has 3 heterocycles. The Morgan fingerprint density at radius 1 is 1.33 bits per heavy atom. The fourth-order valence-corrected chi connectivity index (χ4v) is 3.14. The van der Waals surface area contributed by atoms with Crippen molar-refractivity contribution in [2.75, 3.05) is 6.54 Å². The van der Waals surface area contributed by atoms with E-state index in [0.717, 1.165) is 5.56 Å². The number of likely N-dealkylation sites (tertiary alicyclic amines) is 1. The van der Waals surface area contributed by atoms with Crippen molar-refractivity contribution in [1.82, 2.24) is 14.3 Å². The predicted octanol–water partition coefficient (Wildman–Crippen LogP) is 1.33. The second kappa shape index (κ2) is 6.07. The molecular weight excluding hydrogens is 310 g/mol. The number of aliphatic carboxylic acids is 1. The van der Waals surface area contributed by atoms with Crippen LogP contribution in [0.4, 0.5) is 0 Å². The van der Waals surface area contributed by atoms with Gasteiger partial charge in [-0.2, -0.15) is 0 Å². The Hall–Kier alpha value is -2.70. The average Bonchev–Trinajstić information content (AvgIpc) is 2.55. The van der Waals surface area contributed by atoms with E-state index in [2.05, 4.69) is 4.98 Å². The zero-order valence-corrected chi connectivity index (χ0v) is 13.6. The third-order valence-corrected chi connectivity index (χ3v) is 4.65. The van der Waals surface area contributed by atoms with Crippen molar-refractivity contribution >= 4 is 17.5 Å². The predicted molar refractivity (Wildman–Crippen MR) is 87.1 cm³/mol. The molecule has 2 unspecified atom stereocenters. The molecule has 24 heavy (non-hydrogen) atoms. The van der Waals surface area contributed by atoms with Gasteiger partial charge in [-0.05, 0) is 38.3 Å². The van der Waals surface area contributed by atoms with E-state index in [-0.39, 0.29) is 18.2 Å². The molecule has 7 heteroatoms.